The van der Waals surface area contributed by atoms with E-state index in [1.54, 1.807) is 37.5 Å². The SMILES string of the molecule is C=CC1OCC(C)C(OC2OCC(C)C(C)C2OC(=O)c2ccc(OC)cc2)C1OC(C)=O. The first-order valence-corrected chi connectivity index (χ1v) is 11.3. The Labute approximate surface area is 195 Å². The molecule has 0 N–H and O–H groups in total. The summed E-state index contributed by atoms with van der Waals surface area (Å²) in [7, 11) is 1.56. The second kappa shape index (κ2) is 11.1. The van der Waals surface area contributed by atoms with Crippen molar-refractivity contribution in [2.75, 3.05) is 20.3 Å². The van der Waals surface area contributed by atoms with E-state index in [9.17, 15) is 9.59 Å². The number of benzene rings is 1. The lowest BCUT2D eigenvalue weighted by Crippen LogP contribution is -2.56. The Kier molecular flexibility index (Phi) is 8.51. The van der Waals surface area contributed by atoms with Crippen molar-refractivity contribution in [1.29, 1.82) is 0 Å². The van der Waals surface area contributed by atoms with E-state index in [-0.39, 0.29) is 17.8 Å². The van der Waals surface area contributed by atoms with Crippen molar-refractivity contribution in [3.8, 4) is 5.75 Å². The highest BCUT2D eigenvalue weighted by Gasteiger charge is 2.46. The predicted molar refractivity (Wildman–Crippen MR) is 120 cm³/mol. The third-order valence-electron chi connectivity index (χ3n) is 6.36. The predicted octanol–water partition coefficient (Wildman–Crippen LogP) is 3.39. The average Bonchev–Trinajstić information content (AvgIpc) is 2.80. The lowest BCUT2D eigenvalue weighted by Gasteiger charge is -2.45. The molecule has 3 rings (SSSR count). The van der Waals surface area contributed by atoms with Gasteiger partial charge in [-0.3, -0.25) is 4.79 Å². The van der Waals surface area contributed by atoms with Gasteiger partial charge in [0.2, 0.25) is 0 Å². The number of methoxy groups -OCH3 is 1. The molecule has 1 aromatic carbocycles. The van der Waals surface area contributed by atoms with Crippen LogP contribution in [0.4, 0.5) is 0 Å². The normalized spacial score (nSPS) is 34.2. The molecule has 2 heterocycles. The van der Waals surface area contributed by atoms with Gasteiger partial charge < -0.3 is 28.4 Å². The van der Waals surface area contributed by atoms with E-state index in [0.29, 0.717) is 24.5 Å². The molecule has 33 heavy (non-hydrogen) atoms. The monoisotopic (exact) mass is 462 g/mol. The quantitative estimate of drug-likeness (QED) is 0.450. The third-order valence-corrected chi connectivity index (χ3v) is 6.36. The fourth-order valence-corrected chi connectivity index (χ4v) is 4.12. The Morgan fingerprint density at radius 3 is 2.24 bits per heavy atom. The molecular weight excluding hydrogens is 428 g/mol. The van der Waals surface area contributed by atoms with Crippen molar-refractivity contribution in [3.63, 3.8) is 0 Å². The van der Waals surface area contributed by atoms with Crippen LogP contribution in [0.2, 0.25) is 0 Å². The summed E-state index contributed by atoms with van der Waals surface area (Å²) < 4.78 is 34.7. The maximum atomic E-state index is 12.9. The van der Waals surface area contributed by atoms with Crippen molar-refractivity contribution in [3.05, 3.63) is 42.5 Å². The van der Waals surface area contributed by atoms with Crippen molar-refractivity contribution >= 4 is 11.9 Å². The summed E-state index contributed by atoms with van der Waals surface area (Å²) in [4.78, 5) is 24.6. The van der Waals surface area contributed by atoms with Crippen LogP contribution in [0.5, 0.6) is 5.75 Å². The van der Waals surface area contributed by atoms with Gasteiger partial charge in [-0.15, -0.1) is 6.58 Å². The molecule has 0 amide bonds. The third kappa shape index (κ3) is 5.93. The zero-order valence-corrected chi connectivity index (χ0v) is 19.9. The molecule has 0 aliphatic carbocycles. The van der Waals surface area contributed by atoms with Gasteiger partial charge in [0.05, 0.1) is 25.9 Å². The summed E-state index contributed by atoms with van der Waals surface area (Å²) in [6, 6.07) is 6.72. The van der Waals surface area contributed by atoms with E-state index < -0.39 is 42.6 Å². The van der Waals surface area contributed by atoms with Crippen molar-refractivity contribution in [2.45, 2.75) is 58.4 Å². The van der Waals surface area contributed by atoms with Crippen LogP contribution in [-0.4, -0.2) is 63.0 Å². The van der Waals surface area contributed by atoms with E-state index in [4.69, 9.17) is 28.4 Å². The minimum Gasteiger partial charge on any atom is -0.497 e. The molecule has 0 saturated carbocycles. The zero-order valence-electron chi connectivity index (χ0n) is 19.9. The van der Waals surface area contributed by atoms with Gasteiger partial charge in [0.1, 0.15) is 18.0 Å². The first-order valence-electron chi connectivity index (χ1n) is 11.3. The highest BCUT2D eigenvalue weighted by molar-refractivity contribution is 5.89. The molecule has 8 heteroatoms. The molecule has 0 spiro atoms. The maximum Gasteiger partial charge on any atom is 0.338 e. The number of rotatable bonds is 7. The van der Waals surface area contributed by atoms with E-state index in [1.165, 1.54) is 6.92 Å². The number of carbonyl (C=O) groups is 2. The molecule has 2 aliphatic rings. The molecule has 1 aromatic rings. The van der Waals surface area contributed by atoms with Gasteiger partial charge in [-0.1, -0.05) is 26.8 Å². The van der Waals surface area contributed by atoms with Crippen LogP contribution < -0.4 is 4.74 Å². The van der Waals surface area contributed by atoms with Gasteiger partial charge in [-0.2, -0.15) is 0 Å². The number of hydrogen-bond acceptors (Lipinski definition) is 8. The topological polar surface area (TPSA) is 89.5 Å². The summed E-state index contributed by atoms with van der Waals surface area (Å²) in [5, 5.41) is 0. The van der Waals surface area contributed by atoms with E-state index >= 15 is 0 Å². The Balaban J connectivity index is 1.80. The average molecular weight is 463 g/mol. The molecular formula is C25H34O8. The second-order valence-electron chi connectivity index (χ2n) is 8.82. The van der Waals surface area contributed by atoms with E-state index in [0.717, 1.165) is 0 Å². The Morgan fingerprint density at radius 1 is 0.970 bits per heavy atom. The molecule has 0 bridgehead atoms. The van der Waals surface area contributed by atoms with Crippen molar-refractivity contribution in [1.82, 2.24) is 0 Å². The van der Waals surface area contributed by atoms with Crippen LogP contribution in [0.1, 0.15) is 38.1 Å². The van der Waals surface area contributed by atoms with Crippen LogP contribution in [0, 0.1) is 17.8 Å². The van der Waals surface area contributed by atoms with Crippen molar-refractivity contribution < 1.29 is 38.0 Å². The largest absolute Gasteiger partial charge is 0.497 e. The Hall–Kier alpha value is -2.42. The number of esters is 2. The minimum atomic E-state index is -0.813. The van der Waals surface area contributed by atoms with Crippen LogP contribution in [0.25, 0.3) is 0 Å². The lowest BCUT2D eigenvalue weighted by atomic mass is 9.88. The van der Waals surface area contributed by atoms with Crippen LogP contribution >= 0.6 is 0 Å². The second-order valence-corrected chi connectivity index (χ2v) is 8.82. The summed E-state index contributed by atoms with van der Waals surface area (Å²) in [6.07, 6.45) is -1.55. The van der Waals surface area contributed by atoms with Gasteiger partial charge >= 0.3 is 11.9 Å². The maximum absolute atomic E-state index is 12.9. The van der Waals surface area contributed by atoms with E-state index in [1.807, 2.05) is 20.8 Å². The number of ether oxygens (including phenoxy) is 6. The molecule has 2 fully saturated rings. The molecule has 0 radical (unpaired) electrons. The molecule has 0 aromatic heterocycles. The molecule has 8 nitrogen and oxygen atoms in total. The number of hydrogen-bond donors (Lipinski definition) is 0. The first kappa shape index (κ1) is 25.2. The van der Waals surface area contributed by atoms with Crippen LogP contribution in [-0.2, 0) is 28.5 Å². The van der Waals surface area contributed by atoms with Gasteiger partial charge in [-0.25, -0.2) is 4.79 Å². The van der Waals surface area contributed by atoms with Crippen LogP contribution in [0.3, 0.4) is 0 Å². The highest BCUT2D eigenvalue weighted by atomic mass is 16.7. The fourth-order valence-electron chi connectivity index (χ4n) is 4.12. The smallest absolute Gasteiger partial charge is 0.338 e. The summed E-state index contributed by atoms with van der Waals surface area (Å²) in [6.45, 7) is 12.0. The zero-order chi connectivity index (χ0) is 24.1. The van der Waals surface area contributed by atoms with Gasteiger partial charge in [0.15, 0.2) is 18.5 Å². The molecule has 8 atom stereocenters. The van der Waals surface area contributed by atoms with E-state index in [2.05, 4.69) is 6.58 Å². The van der Waals surface area contributed by atoms with Crippen molar-refractivity contribution in [2.24, 2.45) is 17.8 Å². The summed E-state index contributed by atoms with van der Waals surface area (Å²) >= 11 is 0. The molecule has 2 saturated heterocycles. The lowest BCUT2D eigenvalue weighted by molar-refractivity contribution is -0.291. The number of carbonyl (C=O) groups excluding carboxylic acids is 2. The molecule has 2 aliphatic heterocycles. The van der Waals surface area contributed by atoms with Gasteiger partial charge in [-0.05, 0) is 30.2 Å². The fraction of sp³-hybridized carbons (Fsp3) is 0.600. The first-order chi connectivity index (χ1) is 15.7. The minimum absolute atomic E-state index is 0.0107. The Bertz CT molecular complexity index is 822. The standard InChI is InChI=1S/C25H34O8/c1-7-20-23(31-17(5)26)21(15(3)13-29-20)33-25-22(16(4)14(2)12-30-25)32-24(27)18-8-10-19(28-6)11-9-18/h7-11,14-16,20-23,25H,1,12-13H2,2-6H3. The van der Waals surface area contributed by atoms with Gasteiger partial charge in [0, 0.05) is 18.8 Å². The van der Waals surface area contributed by atoms with Crippen LogP contribution in [0.15, 0.2) is 36.9 Å². The Morgan fingerprint density at radius 2 is 1.64 bits per heavy atom. The highest BCUT2D eigenvalue weighted by Crippen LogP contribution is 2.34. The molecule has 8 unspecified atom stereocenters. The summed E-state index contributed by atoms with van der Waals surface area (Å²) in [5.41, 5.74) is 0.406. The molecule has 182 valence electrons. The van der Waals surface area contributed by atoms with Gasteiger partial charge in [0.25, 0.3) is 0 Å². The summed E-state index contributed by atoms with van der Waals surface area (Å²) in [5.74, 6) is -0.188.